The summed E-state index contributed by atoms with van der Waals surface area (Å²) in [5.41, 5.74) is 0.733. The van der Waals surface area contributed by atoms with E-state index in [1.165, 1.54) is 0 Å². The van der Waals surface area contributed by atoms with Crippen LogP contribution in [0.5, 0.6) is 0 Å². The first kappa shape index (κ1) is 9.15. The number of hydrogen-bond donors (Lipinski definition) is 2. The van der Waals surface area contributed by atoms with E-state index in [0.717, 1.165) is 5.57 Å². The molecule has 4 heteroatoms. The zero-order valence-corrected chi connectivity index (χ0v) is 7.69. The average molecular weight is 196 g/mol. The highest BCUT2D eigenvalue weighted by Crippen LogP contribution is 2.35. The van der Waals surface area contributed by atoms with Crippen LogP contribution in [0, 0.1) is 0 Å². The van der Waals surface area contributed by atoms with E-state index in [0.29, 0.717) is 18.6 Å². The van der Waals surface area contributed by atoms with Crippen LogP contribution >= 0.6 is 0 Å². The van der Waals surface area contributed by atoms with Gasteiger partial charge in [0.05, 0.1) is 0 Å². The predicted octanol–water partition coefficient (Wildman–Crippen LogP) is 1.92. The van der Waals surface area contributed by atoms with Crippen molar-refractivity contribution in [3.63, 3.8) is 0 Å². The first-order valence-electron chi connectivity index (χ1n) is 4.43. The fraction of sp³-hybridized carbons (Fsp3) is 0.400. The van der Waals surface area contributed by atoms with Gasteiger partial charge in [-0.2, -0.15) is 0 Å². The second kappa shape index (κ2) is 3.38. The monoisotopic (exact) mass is 196 g/mol. The molecule has 0 saturated carbocycles. The van der Waals surface area contributed by atoms with Crippen LogP contribution in [0.4, 0.5) is 0 Å². The van der Waals surface area contributed by atoms with Crippen molar-refractivity contribution in [3.8, 4) is 0 Å². The van der Waals surface area contributed by atoms with Crippen molar-refractivity contribution in [1.82, 2.24) is 0 Å². The Balaban J connectivity index is 2.33. The lowest BCUT2D eigenvalue weighted by atomic mass is 9.96. The highest BCUT2D eigenvalue weighted by molar-refractivity contribution is 5.35. The highest BCUT2D eigenvalue weighted by Gasteiger charge is 2.34. The van der Waals surface area contributed by atoms with Crippen molar-refractivity contribution in [3.05, 3.63) is 35.5 Å². The van der Waals surface area contributed by atoms with Gasteiger partial charge in [0.2, 0.25) is 0 Å². The van der Waals surface area contributed by atoms with E-state index in [2.05, 4.69) is 6.58 Å². The summed E-state index contributed by atoms with van der Waals surface area (Å²) in [5.74, 6) is 0.0487. The predicted molar refractivity (Wildman–Crippen MR) is 49.6 cm³/mol. The Morgan fingerprint density at radius 2 is 2.21 bits per heavy atom. The summed E-state index contributed by atoms with van der Waals surface area (Å²) in [6.07, 6.45) is 2.53. The van der Waals surface area contributed by atoms with E-state index in [4.69, 9.17) is 9.47 Å². The van der Waals surface area contributed by atoms with Gasteiger partial charge in [-0.05, 0) is 12.0 Å². The number of ether oxygens (including phenoxy) is 2. The molecule has 0 radical (unpaired) electrons. The number of rotatable bonds is 2. The molecule has 1 saturated heterocycles. The van der Waals surface area contributed by atoms with Gasteiger partial charge in [-0.3, -0.25) is 0 Å². The SMILES string of the molecule is C=CCC1=C(O)C(O)=C2OCOC2C1. The molecular weight excluding hydrogens is 184 g/mol. The summed E-state index contributed by atoms with van der Waals surface area (Å²) in [6, 6.07) is 0. The molecule has 0 aromatic rings. The third-order valence-corrected chi connectivity index (χ3v) is 2.39. The standard InChI is InChI=1S/C10H12O4/c1-2-3-6-4-7-10(14-5-13-7)9(12)8(6)11/h2,7,11-12H,1,3-5H2. The molecule has 0 aromatic carbocycles. The molecule has 0 bridgehead atoms. The van der Waals surface area contributed by atoms with Gasteiger partial charge in [-0.1, -0.05) is 6.08 Å². The molecular formula is C10H12O4. The topological polar surface area (TPSA) is 58.9 Å². The molecule has 1 aliphatic carbocycles. The minimum absolute atomic E-state index is 0.0957. The van der Waals surface area contributed by atoms with Crippen LogP contribution in [0.2, 0.25) is 0 Å². The summed E-state index contributed by atoms with van der Waals surface area (Å²) in [5, 5.41) is 19.2. The molecule has 0 aromatic heterocycles. The molecule has 1 unspecified atom stereocenters. The number of allylic oxidation sites excluding steroid dienone is 1. The van der Waals surface area contributed by atoms with Gasteiger partial charge in [0.25, 0.3) is 0 Å². The van der Waals surface area contributed by atoms with Crippen molar-refractivity contribution < 1.29 is 19.7 Å². The lowest BCUT2D eigenvalue weighted by molar-refractivity contribution is 0.0497. The van der Waals surface area contributed by atoms with E-state index < -0.39 is 0 Å². The second-order valence-corrected chi connectivity index (χ2v) is 3.28. The van der Waals surface area contributed by atoms with Gasteiger partial charge < -0.3 is 19.7 Å². The summed E-state index contributed by atoms with van der Waals surface area (Å²) < 4.78 is 10.3. The molecule has 76 valence electrons. The first-order valence-corrected chi connectivity index (χ1v) is 4.43. The van der Waals surface area contributed by atoms with Crippen LogP contribution in [0.3, 0.4) is 0 Å². The lowest BCUT2D eigenvalue weighted by Gasteiger charge is -2.19. The molecule has 1 aliphatic heterocycles. The fourth-order valence-electron chi connectivity index (χ4n) is 1.68. The molecule has 1 atom stereocenters. The molecule has 2 rings (SSSR count). The molecule has 4 nitrogen and oxygen atoms in total. The minimum atomic E-state index is -0.249. The van der Waals surface area contributed by atoms with Gasteiger partial charge in [-0.25, -0.2) is 0 Å². The first-order chi connectivity index (χ1) is 6.74. The highest BCUT2D eigenvalue weighted by atomic mass is 16.7. The quantitative estimate of drug-likeness (QED) is 0.662. The van der Waals surface area contributed by atoms with E-state index >= 15 is 0 Å². The Labute approximate surface area is 81.8 Å². The van der Waals surface area contributed by atoms with E-state index in [1.54, 1.807) is 6.08 Å². The maximum Gasteiger partial charge on any atom is 0.199 e. The van der Waals surface area contributed by atoms with Crippen LogP contribution in [0.25, 0.3) is 0 Å². The van der Waals surface area contributed by atoms with Crippen LogP contribution in [-0.2, 0) is 9.47 Å². The smallest absolute Gasteiger partial charge is 0.199 e. The van der Waals surface area contributed by atoms with Crippen LogP contribution in [-0.4, -0.2) is 23.1 Å². The van der Waals surface area contributed by atoms with Crippen molar-refractivity contribution >= 4 is 0 Å². The zero-order valence-electron chi connectivity index (χ0n) is 7.69. The third kappa shape index (κ3) is 1.28. The Bertz CT molecular complexity index is 327. The maximum absolute atomic E-state index is 9.60. The number of aliphatic hydroxyl groups excluding tert-OH is 2. The van der Waals surface area contributed by atoms with Crippen molar-refractivity contribution in [2.75, 3.05) is 6.79 Å². The van der Waals surface area contributed by atoms with Gasteiger partial charge >= 0.3 is 0 Å². The molecule has 0 spiro atoms. The lowest BCUT2D eigenvalue weighted by Crippen LogP contribution is -2.18. The maximum atomic E-state index is 9.60. The fourth-order valence-corrected chi connectivity index (χ4v) is 1.68. The van der Waals surface area contributed by atoms with Crippen LogP contribution in [0.1, 0.15) is 12.8 Å². The Kier molecular flexibility index (Phi) is 2.21. The summed E-state index contributed by atoms with van der Waals surface area (Å²) in [7, 11) is 0. The summed E-state index contributed by atoms with van der Waals surface area (Å²) >= 11 is 0. The zero-order chi connectivity index (χ0) is 10.1. The number of hydrogen-bond acceptors (Lipinski definition) is 4. The van der Waals surface area contributed by atoms with Gasteiger partial charge in [0.15, 0.2) is 24.1 Å². The molecule has 1 heterocycles. The Hall–Kier alpha value is -1.42. The van der Waals surface area contributed by atoms with Gasteiger partial charge in [0.1, 0.15) is 6.10 Å². The van der Waals surface area contributed by atoms with Crippen LogP contribution < -0.4 is 0 Å². The summed E-state index contributed by atoms with van der Waals surface area (Å²) in [6.45, 7) is 3.72. The summed E-state index contributed by atoms with van der Waals surface area (Å²) in [4.78, 5) is 0. The second-order valence-electron chi connectivity index (χ2n) is 3.28. The van der Waals surface area contributed by atoms with Crippen molar-refractivity contribution in [1.29, 1.82) is 0 Å². The average Bonchev–Trinajstić information content (AvgIpc) is 2.62. The van der Waals surface area contributed by atoms with Crippen molar-refractivity contribution in [2.24, 2.45) is 0 Å². The van der Waals surface area contributed by atoms with E-state index in [-0.39, 0.29) is 24.4 Å². The largest absolute Gasteiger partial charge is 0.504 e. The van der Waals surface area contributed by atoms with Crippen molar-refractivity contribution in [2.45, 2.75) is 18.9 Å². The molecule has 0 amide bonds. The van der Waals surface area contributed by atoms with Gasteiger partial charge in [0, 0.05) is 6.42 Å². The van der Waals surface area contributed by atoms with E-state index in [9.17, 15) is 10.2 Å². The van der Waals surface area contributed by atoms with Crippen LogP contribution in [0.15, 0.2) is 35.5 Å². The normalized spacial score (nSPS) is 26.1. The molecule has 2 N–H and O–H groups in total. The van der Waals surface area contributed by atoms with Gasteiger partial charge in [-0.15, -0.1) is 6.58 Å². The molecule has 1 fully saturated rings. The Morgan fingerprint density at radius 3 is 2.93 bits per heavy atom. The number of aliphatic hydroxyl groups is 2. The van der Waals surface area contributed by atoms with E-state index in [1.807, 2.05) is 0 Å². The Morgan fingerprint density at radius 1 is 1.43 bits per heavy atom. The third-order valence-electron chi connectivity index (χ3n) is 2.39. The minimum Gasteiger partial charge on any atom is -0.504 e. The molecule has 2 aliphatic rings. The molecule has 14 heavy (non-hydrogen) atoms. The number of fused-ring (bicyclic) bond motifs is 1.